The molecule has 11 aromatic rings. The van der Waals surface area contributed by atoms with Gasteiger partial charge in [0.15, 0.2) is 17.5 Å². The lowest BCUT2D eigenvalue weighted by Crippen LogP contribution is -2.28. The van der Waals surface area contributed by atoms with Gasteiger partial charge in [-0.2, -0.15) is 0 Å². The van der Waals surface area contributed by atoms with Gasteiger partial charge in [0.1, 0.15) is 0 Å². The molecule has 0 spiro atoms. The molecule has 10 aromatic carbocycles. The molecule has 0 unspecified atom stereocenters. The van der Waals surface area contributed by atoms with Gasteiger partial charge in [-0.25, -0.2) is 15.0 Å². The molecule has 0 atom stereocenters. The predicted octanol–water partition coefficient (Wildman–Crippen LogP) is 15.4. The molecule has 1 aliphatic rings. The highest BCUT2D eigenvalue weighted by Crippen LogP contribution is 2.57. The van der Waals surface area contributed by atoms with Crippen molar-refractivity contribution in [3.8, 4) is 78.7 Å². The standard InChI is InChI=1S/C62H41N3/c1-5-18-42(19-6-1)47-23-17-24-49(40-47)61-64-59(45-21-7-2-8-22-45)63-60(65-61)46-34-32-44(33-35-46)58-52-29-14-13-20-43(52)36-38-53(58)48-37-39-55-54-30-15-16-31-56(54)62(57(55)41-48,50-25-9-3-10-26-50)51-27-11-4-12-28-51/h1-41H. The minimum atomic E-state index is -0.492. The summed E-state index contributed by atoms with van der Waals surface area (Å²) in [7, 11) is 0. The van der Waals surface area contributed by atoms with Crippen molar-refractivity contribution in [2.75, 3.05) is 0 Å². The van der Waals surface area contributed by atoms with E-state index >= 15 is 0 Å². The molecule has 3 heteroatoms. The van der Waals surface area contributed by atoms with Crippen LogP contribution in [-0.4, -0.2) is 15.0 Å². The van der Waals surface area contributed by atoms with E-state index in [1.165, 1.54) is 60.8 Å². The Kier molecular flexibility index (Phi) is 9.39. The third kappa shape index (κ3) is 6.56. The summed E-state index contributed by atoms with van der Waals surface area (Å²) in [5.74, 6) is 1.89. The zero-order chi connectivity index (χ0) is 43.2. The van der Waals surface area contributed by atoms with Crippen LogP contribution in [0.2, 0.25) is 0 Å². The quantitative estimate of drug-likeness (QED) is 0.153. The van der Waals surface area contributed by atoms with Gasteiger partial charge in [-0.3, -0.25) is 0 Å². The summed E-state index contributed by atoms with van der Waals surface area (Å²) in [5.41, 5.74) is 16.9. The van der Waals surface area contributed by atoms with Gasteiger partial charge in [0, 0.05) is 16.7 Å². The van der Waals surface area contributed by atoms with E-state index in [0.29, 0.717) is 17.5 Å². The van der Waals surface area contributed by atoms with Crippen LogP contribution in [-0.2, 0) is 5.41 Å². The van der Waals surface area contributed by atoms with Gasteiger partial charge in [0.25, 0.3) is 0 Å². The Hall–Kier alpha value is -8.53. The molecule has 0 aliphatic heterocycles. The van der Waals surface area contributed by atoms with E-state index in [1.807, 2.05) is 24.3 Å². The largest absolute Gasteiger partial charge is 0.208 e. The summed E-state index contributed by atoms with van der Waals surface area (Å²) in [5, 5.41) is 2.39. The summed E-state index contributed by atoms with van der Waals surface area (Å²) < 4.78 is 0. The molecule has 1 heterocycles. The fourth-order valence-electron chi connectivity index (χ4n) is 10.0. The van der Waals surface area contributed by atoms with Crippen LogP contribution in [0, 0.1) is 0 Å². The topological polar surface area (TPSA) is 38.7 Å². The maximum atomic E-state index is 5.14. The van der Waals surface area contributed by atoms with Crippen LogP contribution in [0.15, 0.2) is 249 Å². The van der Waals surface area contributed by atoms with Crippen molar-refractivity contribution in [1.82, 2.24) is 15.0 Å². The molecule has 0 amide bonds. The van der Waals surface area contributed by atoms with Gasteiger partial charge < -0.3 is 0 Å². The van der Waals surface area contributed by atoms with E-state index in [4.69, 9.17) is 15.0 Å². The zero-order valence-electron chi connectivity index (χ0n) is 35.5. The average molecular weight is 828 g/mol. The van der Waals surface area contributed by atoms with Crippen molar-refractivity contribution in [3.63, 3.8) is 0 Å². The molecule has 1 aliphatic carbocycles. The predicted molar refractivity (Wildman–Crippen MR) is 267 cm³/mol. The maximum Gasteiger partial charge on any atom is 0.164 e. The SMILES string of the molecule is c1ccc(-c2cccc(-c3nc(-c4ccccc4)nc(-c4ccc(-c5c(-c6ccc7c(c6)C(c6ccccc6)(c6ccccc6)c6ccccc6-7)ccc6ccccc56)cc4)n3)c2)cc1. The van der Waals surface area contributed by atoms with E-state index in [0.717, 1.165) is 33.4 Å². The number of benzene rings is 10. The number of fused-ring (bicyclic) bond motifs is 4. The zero-order valence-corrected chi connectivity index (χ0v) is 35.5. The number of aromatic nitrogens is 3. The monoisotopic (exact) mass is 827 g/mol. The fourth-order valence-corrected chi connectivity index (χ4v) is 10.0. The van der Waals surface area contributed by atoms with Crippen molar-refractivity contribution in [2.45, 2.75) is 5.41 Å². The van der Waals surface area contributed by atoms with Crippen LogP contribution >= 0.6 is 0 Å². The van der Waals surface area contributed by atoms with Gasteiger partial charge in [-0.1, -0.05) is 237 Å². The number of hydrogen-bond acceptors (Lipinski definition) is 3. The third-order valence-corrected chi connectivity index (χ3v) is 13.0. The smallest absolute Gasteiger partial charge is 0.164 e. The van der Waals surface area contributed by atoms with Crippen molar-refractivity contribution in [1.29, 1.82) is 0 Å². The molecular formula is C62H41N3. The second-order valence-corrected chi connectivity index (χ2v) is 16.7. The molecule has 65 heavy (non-hydrogen) atoms. The maximum absolute atomic E-state index is 5.14. The Morgan fingerprint density at radius 2 is 0.738 bits per heavy atom. The number of hydrogen-bond donors (Lipinski definition) is 0. The molecule has 0 saturated heterocycles. The summed E-state index contributed by atoms with van der Waals surface area (Å²) in [4.78, 5) is 15.3. The van der Waals surface area contributed by atoms with Crippen LogP contribution in [0.25, 0.3) is 89.4 Å². The lowest BCUT2D eigenvalue weighted by Gasteiger charge is -2.34. The minimum Gasteiger partial charge on any atom is -0.208 e. The molecule has 0 N–H and O–H groups in total. The summed E-state index contributed by atoms with van der Waals surface area (Å²) in [6.45, 7) is 0. The first-order chi connectivity index (χ1) is 32.2. The summed E-state index contributed by atoms with van der Waals surface area (Å²) in [6.07, 6.45) is 0. The van der Waals surface area contributed by atoms with Crippen LogP contribution in [0.1, 0.15) is 22.3 Å². The molecular weight excluding hydrogens is 787 g/mol. The first-order valence-electron chi connectivity index (χ1n) is 22.2. The molecule has 0 bridgehead atoms. The first kappa shape index (κ1) is 38.2. The Bertz CT molecular complexity index is 3470. The van der Waals surface area contributed by atoms with Crippen LogP contribution in [0.5, 0.6) is 0 Å². The van der Waals surface area contributed by atoms with E-state index in [9.17, 15) is 0 Å². The minimum absolute atomic E-state index is 0.492. The molecule has 0 fully saturated rings. The molecule has 0 radical (unpaired) electrons. The third-order valence-electron chi connectivity index (χ3n) is 13.0. The highest BCUT2D eigenvalue weighted by Gasteiger charge is 2.46. The van der Waals surface area contributed by atoms with Gasteiger partial charge in [0.05, 0.1) is 5.41 Å². The Labute approximate surface area is 379 Å². The van der Waals surface area contributed by atoms with E-state index < -0.39 is 5.41 Å². The highest BCUT2D eigenvalue weighted by molar-refractivity contribution is 6.05. The van der Waals surface area contributed by atoms with Gasteiger partial charge in [0.2, 0.25) is 0 Å². The molecule has 304 valence electrons. The molecule has 12 rings (SSSR count). The van der Waals surface area contributed by atoms with Crippen LogP contribution < -0.4 is 0 Å². The van der Waals surface area contributed by atoms with Gasteiger partial charge in [-0.05, 0) is 89.7 Å². The Morgan fingerprint density at radius 3 is 1.43 bits per heavy atom. The lowest BCUT2D eigenvalue weighted by atomic mass is 9.67. The normalized spacial score (nSPS) is 12.4. The Balaban J connectivity index is 1.01. The summed E-state index contributed by atoms with van der Waals surface area (Å²) in [6, 6.07) is 89.2. The second kappa shape index (κ2) is 16.0. The van der Waals surface area contributed by atoms with Crippen molar-refractivity contribution in [3.05, 3.63) is 271 Å². The molecule has 0 saturated carbocycles. The number of nitrogens with zero attached hydrogens (tertiary/aromatic N) is 3. The molecule has 1 aromatic heterocycles. The average Bonchev–Trinajstić information content (AvgIpc) is 3.69. The number of rotatable bonds is 8. The van der Waals surface area contributed by atoms with E-state index in [1.54, 1.807) is 0 Å². The lowest BCUT2D eigenvalue weighted by molar-refractivity contribution is 0.769. The first-order valence-corrected chi connectivity index (χ1v) is 22.2. The Morgan fingerprint density at radius 1 is 0.262 bits per heavy atom. The highest BCUT2D eigenvalue weighted by atomic mass is 15.0. The second-order valence-electron chi connectivity index (χ2n) is 16.7. The molecule has 3 nitrogen and oxygen atoms in total. The van der Waals surface area contributed by atoms with Gasteiger partial charge in [-0.15, -0.1) is 0 Å². The van der Waals surface area contributed by atoms with Gasteiger partial charge >= 0.3 is 0 Å². The van der Waals surface area contributed by atoms with Crippen LogP contribution in [0.3, 0.4) is 0 Å². The van der Waals surface area contributed by atoms with Crippen molar-refractivity contribution < 1.29 is 0 Å². The van der Waals surface area contributed by atoms with E-state index in [-0.39, 0.29) is 0 Å². The summed E-state index contributed by atoms with van der Waals surface area (Å²) >= 11 is 0. The van der Waals surface area contributed by atoms with E-state index in [2.05, 4.69) is 224 Å². The van der Waals surface area contributed by atoms with Crippen molar-refractivity contribution in [2.24, 2.45) is 0 Å². The van der Waals surface area contributed by atoms with Crippen LogP contribution in [0.4, 0.5) is 0 Å². The fraction of sp³-hybridized carbons (Fsp3) is 0.0161. The van der Waals surface area contributed by atoms with Crippen molar-refractivity contribution >= 4 is 10.8 Å².